The molecule has 0 saturated carbocycles. The van der Waals surface area contributed by atoms with Gasteiger partial charge in [0.25, 0.3) is 11.6 Å². The van der Waals surface area contributed by atoms with Gasteiger partial charge in [-0.15, -0.1) is 0 Å². The lowest BCUT2D eigenvalue weighted by atomic mass is 10.1. The zero-order chi connectivity index (χ0) is 14.8. The van der Waals surface area contributed by atoms with E-state index in [1.165, 1.54) is 11.1 Å². The summed E-state index contributed by atoms with van der Waals surface area (Å²) in [5, 5.41) is 16.6. The fourth-order valence-corrected chi connectivity index (χ4v) is 2.23. The minimum Gasteiger partial charge on any atom is -0.272 e. The molecule has 0 radical (unpaired) electrons. The lowest BCUT2D eigenvalue weighted by Gasteiger charge is -2.10. The van der Waals surface area contributed by atoms with Gasteiger partial charge in [0.05, 0.1) is 28.3 Å². The average Bonchev–Trinajstić information content (AvgIpc) is 2.90. The highest BCUT2D eigenvalue weighted by molar-refractivity contribution is 6.20. The SMILES string of the molecule is O=C1CC(c2ccccc2[N+](=O)[O-])=NN1c1ccccc1. The average molecular weight is 281 g/mol. The lowest BCUT2D eigenvalue weighted by molar-refractivity contribution is -0.385. The van der Waals surface area contributed by atoms with Crippen LogP contribution in [0.2, 0.25) is 0 Å². The summed E-state index contributed by atoms with van der Waals surface area (Å²) in [6, 6.07) is 15.3. The number of hydrogen-bond acceptors (Lipinski definition) is 4. The molecule has 6 heteroatoms. The second-order valence-electron chi connectivity index (χ2n) is 4.54. The molecule has 1 amide bonds. The van der Waals surface area contributed by atoms with Gasteiger partial charge in [-0.05, 0) is 18.2 Å². The summed E-state index contributed by atoms with van der Waals surface area (Å²) < 4.78 is 0. The van der Waals surface area contributed by atoms with Gasteiger partial charge in [-0.1, -0.05) is 30.3 Å². The number of nitro groups is 1. The molecular weight excluding hydrogens is 270 g/mol. The summed E-state index contributed by atoms with van der Waals surface area (Å²) in [5.41, 5.74) is 1.40. The number of anilines is 1. The molecule has 0 unspecified atom stereocenters. The zero-order valence-electron chi connectivity index (χ0n) is 11.0. The van der Waals surface area contributed by atoms with Gasteiger partial charge in [-0.25, -0.2) is 5.01 Å². The number of hydrogen-bond donors (Lipinski definition) is 0. The first kappa shape index (κ1) is 13.0. The molecule has 0 atom stereocenters. The number of carbonyl (C=O) groups excluding carboxylic acids is 1. The standard InChI is InChI=1S/C15H11N3O3/c19-15-10-13(12-8-4-5-9-14(12)18(20)21)16-17(15)11-6-2-1-3-7-11/h1-9H,10H2. The highest BCUT2D eigenvalue weighted by Gasteiger charge is 2.29. The molecule has 21 heavy (non-hydrogen) atoms. The van der Waals surface area contributed by atoms with Crippen LogP contribution in [0.1, 0.15) is 12.0 Å². The van der Waals surface area contributed by atoms with E-state index >= 15 is 0 Å². The number of benzene rings is 2. The van der Waals surface area contributed by atoms with Gasteiger partial charge in [-0.3, -0.25) is 14.9 Å². The Hall–Kier alpha value is -3.02. The highest BCUT2D eigenvalue weighted by atomic mass is 16.6. The van der Waals surface area contributed by atoms with Gasteiger partial charge < -0.3 is 0 Å². The normalized spacial score (nSPS) is 14.2. The Morgan fingerprint density at radius 2 is 1.71 bits per heavy atom. The Kier molecular flexibility index (Phi) is 3.19. The van der Waals surface area contributed by atoms with E-state index in [1.54, 1.807) is 42.5 Å². The van der Waals surface area contributed by atoms with Crippen LogP contribution in [0.15, 0.2) is 59.7 Å². The molecule has 6 nitrogen and oxygen atoms in total. The van der Waals surface area contributed by atoms with Crippen LogP contribution in [0.5, 0.6) is 0 Å². The molecule has 1 heterocycles. The maximum atomic E-state index is 12.1. The van der Waals surface area contributed by atoms with Crippen molar-refractivity contribution in [2.24, 2.45) is 5.10 Å². The molecule has 0 saturated heterocycles. The van der Waals surface area contributed by atoms with E-state index in [0.717, 1.165) is 0 Å². The zero-order valence-corrected chi connectivity index (χ0v) is 11.0. The van der Waals surface area contributed by atoms with Crippen molar-refractivity contribution in [2.45, 2.75) is 6.42 Å². The summed E-state index contributed by atoms with van der Waals surface area (Å²) in [7, 11) is 0. The molecule has 0 fully saturated rings. The van der Waals surface area contributed by atoms with Crippen molar-refractivity contribution in [3.63, 3.8) is 0 Å². The van der Waals surface area contributed by atoms with Crippen LogP contribution in [0.3, 0.4) is 0 Å². The second kappa shape index (κ2) is 5.16. The number of amides is 1. The summed E-state index contributed by atoms with van der Waals surface area (Å²) >= 11 is 0. The third kappa shape index (κ3) is 2.38. The van der Waals surface area contributed by atoms with Crippen molar-refractivity contribution in [1.82, 2.24) is 0 Å². The molecule has 0 bridgehead atoms. The number of carbonyl (C=O) groups is 1. The van der Waals surface area contributed by atoms with Crippen molar-refractivity contribution < 1.29 is 9.72 Å². The summed E-state index contributed by atoms with van der Waals surface area (Å²) in [6.45, 7) is 0. The maximum Gasteiger partial charge on any atom is 0.278 e. The number of hydrazone groups is 1. The molecule has 0 aromatic heterocycles. The predicted octanol–water partition coefficient (Wildman–Crippen LogP) is 2.74. The van der Waals surface area contributed by atoms with Crippen LogP contribution in [0.25, 0.3) is 0 Å². The van der Waals surface area contributed by atoms with Crippen LogP contribution < -0.4 is 5.01 Å². The van der Waals surface area contributed by atoms with Crippen molar-refractivity contribution in [3.8, 4) is 0 Å². The Morgan fingerprint density at radius 1 is 1.05 bits per heavy atom. The molecule has 0 N–H and O–H groups in total. The summed E-state index contributed by atoms with van der Waals surface area (Å²) in [5.74, 6) is -0.200. The maximum absolute atomic E-state index is 12.1. The van der Waals surface area contributed by atoms with E-state index in [0.29, 0.717) is 17.0 Å². The first-order chi connectivity index (χ1) is 10.2. The third-order valence-electron chi connectivity index (χ3n) is 3.19. The molecule has 2 aromatic rings. The van der Waals surface area contributed by atoms with Crippen LogP contribution in [-0.2, 0) is 4.79 Å². The Labute approximate surface area is 120 Å². The van der Waals surface area contributed by atoms with Crippen molar-refractivity contribution in [1.29, 1.82) is 0 Å². The molecule has 0 spiro atoms. The number of nitrogens with zero attached hydrogens (tertiary/aromatic N) is 3. The quantitative estimate of drug-likeness (QED) is 0.641. The molecule has 1 aliphatic heterocycles. The van der Waals surface area contributed by atoms with E-state index < -0.39 is 4.92 Å². The predicted molar refractivity (Wildman–Crippen MR) is 78.2 cm³/mol. The number of nitro benzene ring substituents is 1. The van der Waals surface area contributed by atoms with Gasteiger partial charge >= 0.3 is 0 Å². The van der Waals surface area contributed by atoms with Crippen LogP contribution in [0.4, 0.5) is 11.4 Å². The van der Waals surface area contributed by atoms with Crippen molar-refractivity contribution in [3.05, 3.63) is 70.3 Å². The minimum absolute atomic E-state index is 0.0426. The summed E-state index contributed by atoms with van der Waals surface area (Å²) in [6.07, 6.45) is 0.0553. The van der Waals surface area contributed by atoms with E-state index in [-0.39, 0.29) is 18.0 Å². The van der Waals surface area contributed by atoms with Gasteiger partial charge in [0, 0.05) is 6.07 Å². The topological polar surface area (TPSA) is 75.8 Å². The molecule has 2 aromatic carbocycles. The smallest absolute Gasteiger partial charge is 0.272 e. The van der Waals surface area contributed by atoms with Crippen LogP contribution in [-0.4, -0.2) is 16.5 Å². The molecule has 0 aliphatic carbocycles. The first-order valence-electron chi connectivity index (χ1n) is 6.36. The number of para-hydroxylation sites is 2. The summed E-state index contributed by atoms with van der Waals surface area (Å²) in [4.78, 5) is 22.7. The lowest BCUT2D eigenvalue weighted by Crippen LogP contribution is -2.19. The van der Waals surface area contributed by atoms with E-state index in [9.17, 15) is 14.9 Å². The Bertz CT molecular complexity index is 741. The largest absolute Gasteiger partial charge is 0.278 e. The van der Waals surface area contributed by atoms with E-state index in [4.69, 9.17) is 0 Å². The van der Waals surface area contributed by atoms with Gasteiger partial charge in [-0.2, -0.15) is 5.10 Å². The first-order valence-corrected chi connectivity index (χ1v) is 6.36. The van der Waals surface area contributed by atoms with E-state index in [2.05, 4.69) is 5.10 Å². The fourth-order valence-electron chi connectivity index (χ4n) is 2.23. The second-order valence-corrected chi connectivity index (χ2v) is 4.54. The molecular formula is C15H11N3O3. The van der Waals surface area contributed by atoms with Crippen molar-refractivity contribution in [2.75, 3.05) is 5.01 Å². The number of rotatable bonds is 3. The molecule has 1 aliphatic rings. The third-order valence-corrected chi connectivity index (χ3v) is 3.19. The Morgan fingerprint density at radius 3 is 2.43 bits per heavy atom. The highest BCUT2D eigenvalue weighted by Crippen LogP contribution is 2.26. The molecule has 104 valence electrons. The van der Waals surface area contributed by atoms with Gasteiger partial charge in [0.15, 0.2) is 0 Å². The van der Waals surface area contributed by atoms with Gasteiger partial charge in [0.1, 0.15) is 0 Å². The minimum atomic E-state index is -0.465. The fraction of sp³-hybridized carbons (Fsp3) is 0.0667. The Balaban J connectivity index is 2.02. The molecule has 3 rings (SSSR count). The van der Waals surface area contributed by atoms with E-state index in [1.807, 2.05) is 6.07 Å². The van der Waals surface area contributed by atoms with Gasteiger partial charge in [0.2, 0.25) is 0 Å². The van der Waals surface area contributed by atoms with Crippen LogP contribution >= 0.6 is 0 Å². The van der Waals surface area contributed by atoms with Crippen molar-refractivity contribution >= 4 is 23.0 Å². The van der Waals surface area contributed by atoms with Crippen LogP contribution in [0, 0.1) is 10.1 Å². The monoisotopic (exact) mass is 281 g/mol.